The van der Waals surface area contributed by atoms with Crippen LogP contribution in [0.2, 0.25) is 0 Å². The van der Waals surface area contributed by atoms with Gasteiger partial charge in [0, 0.05) is 10.0 Å². The third-order valence-electron chi connectivity index (χ3n) is 4.95. The summed E-state index contributed by atoms with van der Waals surface area (Å²) < 4.78 is 3.73. The van der Waals surface area contributed by atoms with Crippen molar-refractivity contribution in [3.8, 4) is 11.4 Å². The molecule has 0 saturated carbocycles. The lowest BCUT2D eigenvalue weighted by atomic mass is 10.1. The van der Waals surface area contributed by atoms with E-state index in [1.54, 1.807) is 15.9 Å². The van der Waals surface area contributed by atoms with Gasteiger partial charge < -0.3 is 0 Å². The number of aromatic nitrogens is 3. The zero-order valence-electron chi connectivity index (χ0n) is 15.5. The molecule has 0 radical (unpaired) electrons. The van der Waals surface area contributed by atoms with Gasteiger partial charge in [0.1, 0.15) is 10.8 Å². The van der Waals surface area contributed by atoms with Crippen LogP contribution in [0.1, 0.15) is 18.0 Å². The van der Waals surface area contributed by atoms with E-state index in [0.717, 1.165) is 25.3 Å². The molecule has 1 atom stereocenters. The standard InChI is InChI=1S/C23H16BrN3OS/c1-14(22-26-19-9-5-6-10-20(19)29-22)27-21(15-7-3-2-4-8-15)25-18-12-11-16(24)13-17(18)23(27)28/h2-14H,1H3. The Kier molecular flexibility index (Phi) is 4.53. The number of rotatable bonds is 3. The van der Waals surface area contributed by atoms with E-state index in [9.17, 15) is 4.79 Å². The molecule has 0 fully saturated rings. The molecule has 0 aliphatic heterocycles. The first-order valence-electron chi connectivity index (χ1n) is 9.24. The summed E-state index contributed by atoms with van der Waals surface area (Å²) in [5, 5.41) is 1.48. The lowest BCUT2D eigenvalue weighted by Crippen LogP contribution is -2.27. The number of para-hydroxylation sites is 1. The van der Waals surface area contributed by atoms with Gasteiger partial charge in [-0.3, -0.25) is 9.36 Å². The smallest absolute Gasteiger partial charge is 0.262 e. The lowest BCUT2D eigenvalue weighted by molar-refractivity contribution is 0.614. The topological polar surface area (TPSA) is 47.8 Å². The van der Waals surface area contributed by atoms with Crippen molar-refractivity contribution < 1.29 is 0 Å². The van der Waals surface area contributed by atoms with Crippen molar-refractivity contribution in [2.24, 2.45) is 0 Å². The second-order valence-corrected chi connectivity index (χ2v) is 8.81. The van der Waals surface area contributed by atoms with Gasteiger partial charge in [-0.15, -0.1) is 11.3 Å². The number of hydrogen-bond donors (Lipinski definition) is 0. The highest BCUT2D eigenvalue weighted by molar-refractivity contribution is 9.10. The molecule has 5 aromatic rings. The molecule has 1 unspecified atom stereocenters. The quantitative estimate of drug-likeness (QED) is 0.328. The average molecular weight is 462 g/mol. The zero-order valence-corrected chi connectivity index (χ0v) is 17.9. The minimum absolute atomic E-state index is 0.0677. The van der Waals surface area contributed by atoms with Gasteiger partial charge in [-0.05, 0) is 37.3 Å². The molecule has 0 amide bonds. The molecule has 5 rings (SSSR count). The SMILES string of the molecule is CC(c1nc2ccccc2s1)n1c(-c2ccccc2)nc2ccc(Br)cc2c1=O. The number of fused-ring (bicyclic) bond motifs is 2. The van der Waals surface area contributed by atoms with Crippen LogP contribution in [0.5, 0.6) is 0 Å². The Morgan fingerprint density at radius 3 is 2.48 bits per heavy atom. The van der Waals surface area contributed by atoms with Crippen LogP contribution in [-0.4, -0.2) is 14.5 Å². The second-order valence-electron chi connectivity index (χ2n) is 6.83. The summed E-state index contributed by atoms with van der Waals surface area (Å²) in [7, 11) is 0. The summed E-state index contributed by atoms with van der Waals surface area (Å²) in [5.41, 5.74) is 2.47. The van der Waals surface area contributed by atoms with Crippen molar-refractivity contribution in [2.75, 3.05) is 0 Å². The molecule has 2 aromatic heterocycles. The summed E-state index contributed by atoms with van der Waals surface area (Å²) in [4.78, 5) is 23.2. The van der Waals surface area contributed by atoms with Crippen molar-refractivity contribution in [3.63, 3.8) is 0 Å². The number of hydrogen-bond acceptors (Lipinski definition) is 4. The van der Waals surface area contributed by atoms with Crippen molar-refractivity contribution >= 4 is 48.4 Å². The molecule has 3 aromatic carbocycles. The predicted molar refractivity (Wildman–Crippen MR) is 123 cm³/mol. The van der Waals surface area contributed by atoms with Crippen LogP contribution in [0, 0.1) is 0 Å². The van der Waals surface area contributed by atoms with E-state index in [4.69, 9.17) is 9.97 Å². The molecule has 0 saturated heterocycles. The maximum absolute atomic E-state index is 13.6. The highest BCUT2D eigenvalue weighted by atomic mass is 79.9. The summed E-state index contributed by atoms with van der Waals surface area (Å²) in [5.74, 6) is 0.650. The summed E-state index contributed by atoms with van der Waals surface area (Å²) in [6.07, 6.45) is 0. The van der Waals surface area contributed by atoms with E-state index in [0.29, 0.717) is 16.7 Å². The molecule has 0 N–H and O–H groups in total. The van der Waals surface area contributed by atoms with E-state index in [2.05, 4.69) is 22.0 Å². The third-order valence-corrected chi connectivity index (χ3v) is 6.65. The van der Waals surface area contributed by atoms with Gasteiger partial charge in [0.05, 0.1) is 27.2 Å². The number of benzene rings is 3. The van der Waals surface area contributed by atoms with Crippen LogP contribution in [-0.2, 0) is 0 Å². The van der Waals surface area contributed by atoms with E-state index in [1.165, 1.54) is 0 Å². The van der Waals surface area contributed by atoms with E-state index >= 15 is 0 Å². The molecule has 0 aliphatic carbocycles. The largest absolute Gasteiger partial charge is 0.282 e. The molecule has 2 heterocycles. The highest BCUT2D eigenvalue weighted by Crippen LogP contribution is 2.31. The fourth-order valence-corrected chi connectivity index (χ4v) is 4.87. The van der Waals surface area contributed by atoms with Crippen molar-refractivity contribution in [2.45, 2.75) is 13.0 Å². The second kappa shape index (κ2) is 7.21. The van der Waals surface area contributed by atoms with Gasteiger partial charge in [-0.25, -0.2) is 9.97 Å². The van der Waals surface area contributed by atoms with Gasteiger partial charge in [-0.1, -0.05) is 58.4 Å². The van der Waals surface area contributed by atoms with Crippen LogP contribution in [0.15, 0.2) is 82.1 Å². The fourth-order valence-electron chi connectivity index (χ4n) is 3.50. The van der Waals surface area contributed by atoms with Crippen LogP contribution in [0.4, 0.5) is 0 Å². The molecule has 4 nitrogen and oxygen atoms in total. The molecule has 142 valence electrons. The van der Waals surface area contributed by atoms with Crippen LogP contribution >= 0.6 is 27.3 Å². The van der Waals surface area contributed by atoms with Gasteiger partial charge in [0.25, 0.3) is 5.56 Å². The Morgan fingerprint density at radius 1 is 0.931 bits per heavy atom. The lowest BCUT2D eigenvalue weighted by Gasteiger charge is -2.18. The molecule has 6 heteroatoms. The van der Waals surface area contributed by atoms with E-state index in [-0.39, 0.29) is 11.6 Å². The number of nitrogens with zero attached hydrogens (tertiary/aromatic N) is 3. The van der Waals surface area contributed by atoms with E-state index < -0.39 is 0 Å². The number of thiazole rings is 1. The Hall–Kier alpha value is -2.83. The van der Waals surface area contributed by atoms with Gasteiger partial charge >= 0.3 is 0 Å². The zero-order chi connectivity index (χ0) is 20.0. The summed E-state index contributed by atoms with van der Waals surface area (Å²) >= 11 is 5.09. The van der Waals surface area contributed by atoms with Crippen molar-refractivity contribution in [1.82, 2.24) is 14.5 Å². The first kappa shape index (κ1) is 18.2. The van der Waals surface area contributed by atoms with E-state index in [1.807, 2.05) is 73.7 Å². The van der Waals surface area contributed by atoms with Crippen molar-refractivity contribution in [3.05, 3.63) is 92.6 Å². The Labute approximate surface area is 179 Å². The maximum Gasteiger partial charge on any atom is 0.262 e. The Morgan fingerprint density at radius 2 is 1.69 bits per heavy atom. The number of halogens is 1. The molecular weight excluding hydrogens is 446 g/mol. The highest BCUT2D eigenvalue weighted by Gasteiger charge is 2.21. The molecule has 29 heavy (non-hydrogen) atoms. The van der Waals surface area contributed by atoms with Crippen LogP contribution in [0.25, 0.3) is 32.5 Å². The van der Waals surface area contributed by atoms with Crippen molar-refractivity contribution in [1.29, 1.82) is 0 Å². The summed E-state index contributed by atoms with van der Waals surface area (Å²) in [6.45, 7) is 2.01. The Bertz CT molecular complexity index is 1380. The van der Waals surface area contributed by atoms with Gasteiger partial charge in [-0.2, -0.15) is 0 Å². The monoisotopic (exact) mass is 461 g/mol. The first-order chi connectivity index (χ1) is 14.1. The normalized spacial score (nSPS) is 12.5. The molecule has 0 spiro atoms. The molecular formula is C23H16BrN3OS. The molecule has 0 aliphatic rings. The Balaban J connectivity index is 1.80. The predicted octanol–water partition coefficient (Wildman–Crippen LogP) is 6.05. The van der Waals surface area contributed by atoms with Crippen LogP contribution < -0.4 is 5.56 Å². The minimum Gasteiger partial charge on any atom is -0.282 e. The van der Waals surface area contributed by atoms with Gasteiger partial charge in [0.2, 0.25) is 0 Å². The maximum atomic E-state index is 13.6. The molecule has 0 bridgehead atoms. The summed E-state index contributed by atoms with van der Waals surface area (Å²) in [6, 6.07) is 23.2. The minimum atomic E-state index is -0.244. The first-order valence-corrected chi connectivity index (χ1v) is 10.9. The average Bonchev–Trinajstić information content (AvgIpc) is 3.19. The van der Waals surface area contributed by atoms with Gasteiger partial charge in [0.15, 0.2) is 0 Å². The van der Waals surface area contributed by atoms with Crippen LogP contribution in [0.3, 0.4) is 0 Å². The third kappa shape index (κ3) is 3.18. The fraction of sp³-hybridized carbons (Fsp3) is 0.0870.